The molecule has 1 heterocycles. The Morgan fingerprint density at radius 1 is 1.32 bits per heavy atom. The molecular formula is C14H25N3OS. The largest absolute Gasteiger partial charge is 0.342 e. The van der Waals surface area contributed by atoms with Crippen LogP contribution in [0.3, 0.4) is 0 Å². The van der Waals surface area contributed by atoms with Crippen LogP contribution >= 0.6 is 11.3 Å². The number of amides is 1. The zero-order valence-electron chi connectivity index (χ0n) is 12.5. The van der Waals surface area contributed by atoms with Crippen molar-refractivity contribution >= 4 is 17.2 Å². The molecule has 0 atom stereocenters. The summed E-state index contributed by atoms with van der Waals surface area (Å²) in [4.78, 5) is 20.5. The Labute approximate surface area is 120 Å². The van der Waals surface area contributed by atoms with Gasteiger partial charge in [0.15, 0.2) is 0 Å². The fourth-order valence-corrected chi connectivity index (χ4v) is 2.88. The molecule has 1 aromatic rings. The van der Waals surface area contributed by atoms with E-state index in [0.717, 1.165) is 38.2 Å². The van der Waals surface area contributed by atoms with Crippen molar-refractivity contribution in [3.05, 3.63) is 16.1 Å². The van der Waals surface area contributed by atoms with Crippen molar-refractivity contribution in [2.24, 2.45) is 0 Å². The first-order valence-corrected chi connectivity index (χ1v) is 7.88. The molecule has 1 rings (SSSR count). The summed E-state index contributed by atoms with van der Waals surface area (Å²) >= 11 is 1.72. The van der Waals surface area contributed by atoms with Crippen molar-refractivity contribution in [1.29, 1.82) is 0 Å². The number of aromatic nitrogens is 1. The van der Waals surface area contributed by atoms with Crippen LogP contribution in [-0.2, 0) is 17.8 Å². The van der Waals surface area contributed by atoms with Crippen LogP contribution in [-0.4, -0.2) is 47.4 Å². The van der Waals surface area contributed by atoms with Crippen molar-refractivity contribution in [2.45, 2.75) is 40.2 Å². The third-order valence-corrected chi connectivity index (χ3v) is 3.97. The lowest BCUT2D eigenvalue weighted by Crippen LogP contribution is -2.38. The number of aryl methyl sites for hydroxylation is 1. The molecular weight excluding hydrogens is 258 g/mol. The highest BCUT2D eigenvalue weighted by Gasteiger charge is 2.13. The van der Waals surface area contributed by atoms with E-state index in [1.165, 1.54) is 5.01 Å². The maximum Gasteiger partial charge on any atom is 0.236 e. The van der Waals surface area contributed by atoms with Crippen LogP contribution in [0.4, 0.5) is 0 Å². The van der Waals surface area contributed by atoms with Crippen LogP contribution < -0.4 is 0 Å². The maximum absolute atomic E-state index is 12.0. The summed E-state index contributed by atoms with van der Waals surface area (Å²) in [6, 6.07) is 0. The average Bonchev–Trinajstić information content (AvgIpc) is 2.78. The minimum atomic E-state index is 0.191. The number of nitrogens with zero attached hydrogens (tertiary/aromatic N) is 3. The summed E-state index contributed by atoms with van der Waals surface area (Å²) in [6.07, 6.45) is 2.18. The molecule has 0 aliphatic heterocycles. The molecule has 0 radical (unpaired) electrons. The SMILES string of the molecule is CCCc1nc(CN(C)CC(=O)N(CC)CC)cs1. The molecule has 5 heteroatoms. The summed E-state index contributed by atoms with van der Waals surface area (Å²) in [6.45, 7) is 8.95. The predicted molar refractivity (Wildman–Crippen MR) is 80.4 cm³/mol. The molecule has 1 aromatic heterocycles. The average molecular weight is 283 g/mol. The molecule has 19 heavy (non-hydrogen) atoms. The fourth-order valence-electron chi connectivity index (χ4n) is 1.99. The van der Waals surface area contributed by atoms with E-state index in [-0.39, 0.29) is 5.91 Å². The van der Waals surface area contributed by atoms with Crippen molar-refractivity contribution in [1.82, 2.24) is 14.8 Å². The standard InChI is InChI=1S/C14H25N3OS/c1-5-8-13-15-12(11-19-13)9-16(4)10-14(18)17(6-2)7-3/h11H,5-10H2,1-4H3. The van der Waals surface area contributed by atoms with Gasteiger partial charge in [-0.1, -0.05) is 6.92 Å². The number of likely N-dealkylation sites (N-methyl/N-ethyl adjacent to an activating group) is 2. The normalized spacial score (nSPS) is 11.0. The zero-order chi connectivity index (χ0) is 14.3. The van der Waals surface area contributed by atoms with Gasteiger partial charge in [0.05, 0.1) is 17.2 Å². The summed E-state index contributed by atoms with van der Waals surface area (Å²) in [5.74, 6) is 0.191. The minimum Gasteiger partial charge on any atom is -0.342 e. The summed E-state index contributed by atoms with van der Waals surface area (Å²) < 4.78 is 0. The van der Waals surface area contributed by atoms with Gasteiger partial charge >= 0.3 is 0 Å². The molecule has 0 N–H and O–H groups in total. The first-order valence-electron chi connectivity index (χ1n) is 7.00. The van der Waals surface area contributed by atoms with Crippen molar-refractivity contribution < 1.29 is 4.79 Å². The van der Waals surface area contributed by atoms with Gasteiger partial charge in [-0.15, -0.1) is 11.3 Å². The molecule has 0 aromatic carbocycles. The Kier molecular flexibility index (Phi) is 7.02. The molecule has 4 nitrogen and oxygen atoms in total. The number of hydrogen-bond acceptors (Lipinski definition) is 4. The van der Waals surface area contributed by atoms with Gasteiger partial charge in [0.1, 0.15) is 0 Å². The third-order valence-electron chi connectivity index (χ3n) is 3.02. The third kappa shape index (κ3) is 5.28. The van der Waals surface area contributed by atoms with Crippen LogP contribution in [0.1, 0.15) is 37.9 Å². The van der Waals surface area contributed by atoms with Gasteiger partial charge in [0, 0.05) is 25.0 Å². The second-order valence-corrected chi connectivity index (χ2v) is 5.66. The first kappa shape index (κ1) is 16.1. The maximum atomic E-state index is 12.0. The van der Waals surface area contributed by atoms with E-state index in [4.69, 9.17) is 0 Å². The molecule has 0 aliphatic carbocycles. The molecule has 0 saturated heterocycles. The smallest absolute Gasteiger partial charge is 0.236 e. The second-order valence-electron chi connectivity index (χ2n) is 4.72. The minimum absolute atomic E-state index is 0.191. The van der Waals surface area contributed by atoms with E-state index < -0.39 is 0 Å². The highest BCUT2D eigenvalue weighted by Crippen LogP contribution is 2.13. The van der Waals surface area contributed by atoms with Gasteiger partial charge in [-0.2, -0.15) is 0 Å². The summed E-state index contributed by atoms with van der Waals surface area (Å²) in [5, 5.41) is 3.30. The molecule has 0 saturated carbocycles. The van der Waals surface area contributed by atoms with Crippen LogP contribution in [0.25, 0.3) is 0 Å². The van der Waals surface area contributed by atoms with Crippen LogP contribution in [0, 0.1) is 0 Å². The van der Waals surface area contributed by atoms with Crippen LogP contribution in [0.2, 0.25) is 0 Å². The molecule has 0 unspecified atom stereocenters. The quantitative estimate of drug-likeness (QED) is 0.735. The lowest BCUT2D eigenvalue weighted by molar-refractivity contribution is -0.131. The topological polar surface area (TPSA) is 36.4 Å². The van der Waals surface area contributed by atoms with Gasteiger partial charge in [-0.25, -0.2) is 4.98 Å². The van der Waals surface area contributed by atoms with Gasteiger partial charge in [0.2, 0.25) is 5.91 Å². The van der Waals surface area contributed by atoms with Crippen molar-refractivity contribution in [3.63, 3.8) is 0 Å². The number of carbonyl (C=O) groups is 1. The Hall–Kier alpha value is -0.940. The van der Waals surface area contributed by atoms with E-state index >= 15 is 0 Å². The fraction of sp³-hybridized carbons (Fsp3) is 0.714. The summed E-state index contributed by atoms with van der Waals surface area (Å²) in [5.41, 5.74) is 1.07. The first-order chi connectivity index (χ1) is 9.10. The van der Waals surface area contributed by atoms with E-state index in [1.807, 2.05) is 30.7 Å². The number of carbonyl (C=O) groups excluding carboxylic acids is 1. The Balaban J connectivity index is 2.45. The molecule has 0 aliphatic rings. The molecule has 1 amide bonds. The van der Waals surface area contributed by atoms with Crippen LogP contribution in [0.15, 0.2) is 5.38 Å². The number of hydrogen-bond donors (Lipinski definition) is 0. The van der Waals surface area contributed by atoms with Gasteiger partial charge < -0.3 is 4.90 Å². The summed E-state index contributed by atoms with van der Waals surface area (Å²) in [7, 11) is 1.97. The van der Waals surface area contributed by atoms with Crippen molar-refractivity contribution in [3.8, 4) is 0 Å². The van der Waals surface area contributed by atoms with Gasteiger partial charge in [0.25, 0.3) is 0 Å². The lowest BCUT2D eigenvalue weighted by Gasteiger charge is -2.22. The molecule has 0 bridgehead atoms. The second kappa shape index (κ2) is 8.27. The number of rotatable bonds is 8. The Bertz CT molecular complexity index is 388. The van der Waals surface area contributed by atoms with E-state index in [0.29, 0.717) is 6.54 Å². The van der Waals surface area contributed by atoms with Crippen molar-refractivity contribution in [2.75, 3.05) is 26.7 Å². The van der Waals surface area contributed by atoms with Gasteiger partial charge in [-0.3, -0.25) is 9.69 Å². The lowest BCUT2D eigenvalue weighted by atomic mass is 10.3. The van der Waals surface area contributed by atoms with E-state index in [1.54, 1.807) is 11.3 Å². The molecule has 0 spiro atoms. The highest BCUT2D eigenvalue weighted by molar-refractivity contribution is 7.09. The Morgan fingerprint density at radius 3 is 2.58 bits per heavy atom. The molecule has 0 fully saturated rings. The van der Waals surface area contributed by atoms with Gasteiger partial charge in [-0.05, 0) is 33.7 Å². The molecule has 108 valence electrons. The monoisotopic (exact) mass is 283 g/mol. The zero-order valence-corrected chi connectivity index (χ0v) is 13.3. The Morgan fingerprint density at radius 2 is 2.00 bits per heavy atom. The van der Waals surface area contributed by atoms with Crippen LogP contribution in [0.5, 0.6) is 0 Å². The van der Waals surface area contributed by atoms with E-state index in [2.05, 4.69) is 17.3 Å². The predicted octanol–water partition coefficient (Wildman–Crippen LogP) is 2.40. The van der Waals surface area contributed by atoms with E-state index in [9.17, 15) is 4.79 Å². The number of thiazole rings is 1. The highest BCUT2D eigenvalue weighted by atomic mass is 32.1.